The Bertz CT molecular complexity index is 831. The van der Waals surface area contributed by atoms with Crippen molar-refractivity contribution in [3.8, 4) is 5.75 Å². The Balaban J connectivity index is 1.82. The molecule has 0 atom stereocenters. The number of anilines is 1. The second-order valence-electron chi connectivity index (χ2n) is 4.40. The van der Waals surface area contributed by atoms with Crippen LogP contribution in [0.15, 0.2) is 35.0 Å². The number of phenols is 1. The number of fused-ring (bicyclic) bond motifs is 1. The van der Waals surface area contributed by atoms with Gasteiger partial charge in [-0.3, -0.25) is 5.43 Å². The van der Waals surface area contributed by atoms with Gasteiger partial charge in [-0.1, -0.05) is 11.6 Å². The molecule has 0 fully saturated rings. The van der Waals surface area contributed by atoms with Crippen LogP contribution in [0.4, 0.5) is 5.82 Å². The van der Waals surface area contributed by atoms with Gasteiger partial charge in [-0.15, -0.1) is 11.3 Å². The van der Waals surface area contributed by atoms with Crippen molar-refractivity contribution < 1.29 is 5.11 Å². The highest BCUT2D eigenvalue weighted by Crippen LogP contribution is 2.28. The molecule has 0 saturated carbocycles. The van der Waals surface area contributed by atoms with Crippen molar-refractivity contribution >= 4 is 45.2 Å². The molecular weight excluding hydrogens is 308 g/mol. The van der Waals surface area contributed by atoms with E-state index in [2.05, 4.69) is 20.5 Å². The third-order valence-electron chi connectivity index (χ3n) is 2.89. The topological polar surface area (TPSA) is 70.4 Å². The van der Waals surface area contributed by atoms with E-state index in [4.69, 9.17) is 11.6 Å². The molecule has 106 valence electrons. The summed E-state index contributed by atoms with van der Waals surface area (Å²) >= 11 is 7.42. The number of aromatic hydroxyl groups is 1. The van der Waals surface area contributed by atoms with E-state index in [0.29, 0.717) is 5.82 Å². The number of aromatic nitrogens is 2. The van der Waals surface area contributed by atoms with Gasteiger partial charge in [0.15, 0.2) is 5.82 Å². The van der Waals surface area contributed by atoms with Crippen molar-refractivity contribution in [3.63, 3.8) is 0 Å². The Hall–Kier alpha value is -2.18. The number of phenolic OH excluding ortho intramolecular Hbond substituents is 1. The van der Waals surface area contributed by atoms with Crippen LogP contribution in [0.3, 0.4) is 0 Å². The first kappa shape index (κ1) is 13.8. The molecule has 0 saturated heterocycles. The first-order valence-electron chi connectivity index (χ1n) is 6.11. The maximum Gasteiger partial charge on any atom is 0.167 e. The summed E-state index contributed by atoms with van der Waals surface area (Å²) in [5.41, 5.74) is 5.73. The van der Waals surface area contributed by atoms with E-state index in [0.717, 1.165) is 21.3 Å². The Morgan fingerprint density at radius 2 is 2.24 bits per heavy atom. The van der Waals surface area contributed by atoms with Gasteiger partial charge in [0.2, 0.25) is 0 Å². The largest absolute Gasteiger partial charge is 0.506 e. The van der Waals surface area contributed by atoms with Crippen LogP contribution < -0.4 is 5.43 Å². The summed E-state index contributed by atoms with van der Waals surface area (Å²) in [4.78, 5) is 8.44. The molecule has 2 N–H and O–H groups in total. The summed E-state index contributed by atoms with van der Waals surface area (Å²) in [5, 5.41) is 15.8. The number of nitrogens with one attached hydrogen (secondary N) is 1. The minimum absolute atomic E-state index is 0.0494. The molecule has 3 aromatic rings. The highest BCUT2D eigenvalue weighted by atomic mass is 35.5. The fourth-order valence-corrected chi connectivity index (χ4v) is 2.95. The van der Waals surface area contributed by atoms with E-state index >= 15 is 0 Å². The van der Waals surface area contributed by atoms with E-state index in [1.54, 1.807) is 29.7 Å². The van der Waals surface area contributed by atoms with Gasteiger partial charge in [-0.2, -0.15) is 5.10 Å². The second kappa shape index (κ2) is 5.67. The molecular formula is C14H11ClN4OS. The Morgan fingerprint density at radius 1 is 1.38 bits per heavy atom. The maximum absolute atomic E-state index is 9.36. The molecule has 2 heterocycles. The van der Waals surface area contributed by atoms with E-state index in [1.165, 1.54) is 12.4 Å². The van der Waals surface area contributed by atoms with Crippen molar-refractivity contribution in [2.75, 3.05) is 5.43 Å². The zero-order chi connectivity index (χ0) is 14.8. The minimum atomic E-state index is 0.0494. The predicted octanol–water partition coefficient (Wildman–Crippen LogP) is 3.80. The number of hydrogen-bond acceptors (Lipinski definition) is 6. The number of rotatable bonds is 3. The van der Waals surface area contributed by atoms with Crippen molar-refractivity contribution in [2.24, 2.45) is 5.10 Å². The highest BCUT2D eigenvalue weighted by molar-refractivity contribution is 7.18. The average molecular weight is 319 g/mol. The SMILES string of the molecule is Cc1csc2c(N/N=C/c3ccc(O)c(Cl)c3)ncnc12. The number of halogens is 1. The molecule has 0 radical (unpaired) electrons. The number of aryl methyl sites for hydroxylation is 1. The van der Waals surface area contributed by atoms with Crippen molar-refractivity contribution in [2.45, 2.75) is 6.92 Å². The van der Waals surface area contributed by atoms with Gasteiger partial charge in [0.05, 0.1) is 21.5 Å². The molecule has 0 aliphatic carbocycles. The van der Waals surface area contributed by atoms with Crippen LogP contribution in [-0.2, 0) is 0 Å². The van der Waals surface area contributed by atoms with E-state index in [9.17, 15) is 5.11 Å². The molecule has 5 nitrogen and oxygen atoms in total. The van der Waals surface area contributed by atoms with Gasteiger partial charge in [-0.05, 0) is 41.6 Å². The quantitative estimate of drug-likeness (QED) is 0.569. The second-order valence-corrected chi connectivity index (χ2v) is 5.69. The Morgan fingerprint density at radius 3 is 3.05 bits per heavy atom. The lowest BCUT2D eigenvalue weighted by atomic mass is 10.2. The maximum atomic E-state index is 9.36. The summed E-state index contributed by atoms with van der Waals surface area (Å²) < 4.78 is 0.968. The molecule has 0 amide bonds. The molecule has 7 heteroatoms. The first-order chi connectivity index (χ1) is 10.1. The highest BCUT2D eigenvalue weighted by Gasteiger charge is 2.06. The Kier molecular flexibility index (Phi) is 3.72. The Labute approximate surface area is 129 Å². The summed E-state index contributed by atoms with van der Waals surface area (Å²) in [7, 11) is 0. The summed E-state index contributed by atoms with van der Waals surface area (Å²) in [6.07, 6.45) is 3.12. The normalized spacial score (nSPS) is 11.3. The number of nitrogens with zero attached hydrogens (tertiary/aromatic N) is 3. The molecule has 21 heavy (non-hydrogen) atoms. The number of thiophene rings is 1. The number of benzene rings is 1. The van der Waals surface area contributed by atoms with Crippen molar-refractivity contribution in [1.29, 1.82) is 0 Å². The lowest BCUT2D eigenvalue weighted by molar-refractivity contribution is 0.475. The standard InChI is InChI=1S/C14H11ClN4OS/c1-8-6-21-13-12(8)16-7-17-14(13)19-18-5-9-2-3-11(20)10(15)4-9/h2-7,20H,1H3,(H,16,17,19)/b18-5+. The molecule has 0 aliphatic heterocycles. The smallest absolute Gasteiger partial charge is 0.167 e. The average Bonchev–Trinajstić information content (AvgIpc) is 2.86. The number of hydrazone groups is 1. The molecule has 2 aromatic heterocycles. The summed E-state index contributed by atoms with van der Waals surface area (Å²) in [5.74, 6) is 0.715. The molecule has 0 aliphatic rings. The number of hydrogen-bond donors (Lipinski definition) is 2. The van der Waals surface area contributed by atoms with Crippen LogP contribution in [0, 0.1) is 6.92 Å². The van der Waals surface area contributed by atoms with Gasteiger partial charge in [0.25, 0.3) is 0 Å². The van der Waals surface area contributed by atoms with E-state index < -0.39 is 0 Å². The van der Waals surface area contributed by atoms with Gasteiger partial charge in [0, 0.05) is 0 Å². The van der Waals surface area contributed by atoms with Gasteiger partial charge >= 0.3 is 0 Å². The zero-order valence-electron chi connectivity index (χ0n) is 11.0. The third kappa shape index (κ3) is 2.81. The third-order valence-corrected chi connectivity index (χ3v) is 4.28. The van der Waals surface area contributed by atoms with Crippen LogP contribution in [-0.4, -0.2) is 21.3 Å². The van der Waals surface area contributed by atoms with Crippen LogP contribution in [0.25, 0.3) is 10.2 Å². The lowest BCUT2D eigenvalue weighted by Gasteiger charge is -2.01. The van der Waals surface area contributed by atoms with Crippen LogP contribution in [0.1, 0.15) is 11.1 Å². The zero-order valence-corrected chi connectivity index (χ0v) is 12.6. The van der Waals surface area contributed by atoms with Crippen LogP contribution >= 0.6 is 22.9 Å². The molecule has 1 aromatic carbocycles. The monoisotopic (exact) mass is 318 g/mol. The fourth-order valence-electron chi connectivity index (χ4n) is 1.82. The van der Waals surface area contributed by atoms with Gasteiger partial charge < -0.3 is 5.11 Å². The minimum Gasteiger partial charge on any atom is -0.506 e. The van der Waals surface area contributed by atoms with Crippen molar-refractivity contribution in [3.05, 3.63) is 46.1 Å². The van der Waals surface area contributed by atoms with Crippen LogP contribution in [0.2, 0.25) is 5.02 Å². The van der Waals surface area contributed by atoms with E-state index in [-0.39, 0.29) is 10.8 Å². The van der Waals surface area contributed by atoms with Gasteiger partial charge in [-0.25, -0.2) is 9.97 Å². The van der Waals surface area contributed by atoms with Crippen molar-refractivity contribution in [1.82, 2.24) is 9.97 Å². The molecule has 3 rings (SSSR count). The fraction of sp³-hybridized carbons (Fsp3) is 0.0714. The summed E-state index contributed by atoms with van der Waals surface area (Å²) in [6, 6.07) is 4.87. The van der Waals surface area contributed by atoms with Crippen LogP contribution in [0.5, 0.6) is 5.75 Å². The van der Waals surface area contributed by atoms with E-state index in [1.807, 2.05) is 12.3 Å². The molecule has 0 spiro atoms. The van der Waals surface area contributed by atoms with Gasteiger partial charge in [0.1, 0.15) is 12.1 Å². The predicted molar refractivity (Wildman–Crippen MR) is 86.5 cm³/mol. The molecule has 0 bridgehead atoms. The first-order valence-corrected chi connectivity index (χ1v) is 7.37. The summed E-state index contributed by atoms with van der Waals surface area (Å²) in [6.45, 7) is 2.01. The molecule has 0 unspecified atom stereocenters. The lowest BCUT2D eigenvalue weighted by Crippen LogP contribution is -1.94.